The molecule has 1 atom stereocenters. The monoisotopic (exact) mass is 376 g/mol. The van der Waals surface area contributed by atoms with Crippen LogP contribution < -0.4 is 5.73 Å². The van der Waals surface area contributed by atoms with Crippen molar-refractivity contribution in [1.29, 1.82) is 0 Å². The van der Waals surface area contributed by atoms with Crippen molar-refractivity contribution in [3.8, 4) is 0 Å². The number of piperidine rings is 1. The molecule has 21 heavy (non-hydrogen) atoms. The van der Waals surface area contributed by atoms with Gasteiger partial charge in [0, 0.05) is 31.2 Å². The van der Waals surface area contributed by atoms with Crippen LogP contribution in [0.2, 0.25) is 0 Å². The van der Waals surface area contributed by atoms with Crippen LogP contribution in [0.4, 0.5) is 0 Å². The maximum Gasteiger partial charge on any atom is 0.244 e. The lowest BCUT2D eigenvalue weighted by Crippen LogP contribution is -2.43. The zero-order valence-electron chi connectivity index (χ0n) is 12.3. The number of nitrogens with zero attached hydrogens (tertiary/aromatic N) is 1. The first-order chi connectivity index (χ1) is 9.90. The Morgan fingerprint density at radius 2 is 2.19 bits per heavy atom. The number of sulfonamides is 1. The number of aryl methyl sites for hydroxylation is 1. The molecule has 1 saturated heterocycles. The lowest BCUT2D eigenvalue weighted by atomic mass is 10.1. The highest BCUT2D eigenvalue weighted by Crippen LogP contribution is 2.31. The zero-order chi connectivity index (χ0) is 15.6. The average molecular weight is 377 g/mol. The third-order valence-corrected chi connectivity index (χ3v) is 7.01. The molecule has 0 radical (unpaired) electrons. The summed E-state index contributed by atoms with van der Waals surface area (Å²) < 4.78 is 33.2. The Labute approximate surface area is 134 Å². The Balaban J connectivity index is 2.41. The molecule has 0 aromatic heterocycles. The van der Waals surface area contributed by atoms with Crippen molar-refractivity contribution in [1.82, 2.24) is 4.31 Å². The molecule has 0 amide bonds. The number of methoxy groups -OCH3 is 1. The summed E-state index contributed by atoms with van der Waals surface area (Å²) in [4.78, 5) is 0.291. The number of hydrogen-bond donors (Lipinski definition) is 1. The Hall–Kier alpha value is -0.470. The van der Waals surface area contributed by atoms with E-state index in [2.05, 4.69) is 15.9 Å². The molecule has 1 aliphatic heterocycles. The van der Waals surface area contributed by atoms with Crippen LogP contribution in [0.3, 0.4) is 0 Å². The van der Waals surface area contributed by atoms with E-state index in [0.29, 0.717) is 29.0 Å². The highest BCUT2D eigenvalue weighted by molar-refractivity contribution is 9.10. The lowest BCUT2D eigenvalue weighted by Gasteiger charge is -2.31. The Morgan fingerprint density at radius 3 is 2.81 bits per heavy atom. The van der Waals surface area contributed by atoms with Crippen molar-refractivity contribution in [2.45, 2.75) is 37.3 Å². The minimum atomic E-state index is -3.54. The number of nitrogens with two attached hydrogens (primary N) is 1. The molecule has 5 nitrogen and oxygen atoms in total. The molecular weight excluding hydrogens is 356 g/mol. The molecule has 0 spiro atoms. The number of halogens is 1. The van der Waals surface area contributed by atoms with E-state index in [4.69, 9.17) is 10.5 Å². The second-order valence-electron chi connectivity index (χ2n) is 5.29. The molecule has 118 valence electrons. The van der Waals surface area contributed by atoms with Crippen LogP contribution in [0.25, 0.3) is 0 Å². The van der Waals surface area contributed by atoms with Gasteiger partial charge in [-0.15, -0.1) is 0 Å². The van der Waals surface area contributed by atoms with Gasteiger partial charge in [0.2, 0.25) is 10.0 Å². The molecule has 1 aromatic carbocycles. The number of ether oxygens (including phenoxy) is 1. The quantitative estimate of drug-likeness (QED) is 0.872. The zero-order valence-corrected chi connectivity index (χ0v) is 14.7. The number of benzene rings is 1. The molecule has 2 N–H and O–H groups in total. The predicted octanol–water partition coefficient (Wildman–Crippen LogP) is 2.02. The Morgan fingerprint density at radius 1 is 1.48 bits per heavy atom. The number of hydrogen-bond acceptors (Lipinski definition) is 4. The fourth-order valence-electron chi connectivity index (χ4n) is 2.57. The summed E-state index contributed by atoms with van der Waals surface area (Å²) in [6, 6.07) is 3.56. The van der Waals surface area contributed by atoms with E-state index in [-0.39, 0.29) is 6.10 Å². The van der Waals surface area contributed by atoms with Gasteiger partial charge in [0.1, 0.15) is 0 Å². The largest absolute Gasteiger partial charge is 0.380 e. The molecular formula is C14H21BrN2O3S. The van der Waals surface area contributed by atoms with Crippen LogP contribution in [0, 0.1) is 6.92 Å². The summed E-state index contributed by atoms with van der Waals surface area (Å²) in [5.74, 6) is 0. The van der Waals surface area contributed by atoms with Crippen LogP contribution in [0.15, 0.2) is 21.5 Å². The average Bonchev–Trinajstić information content (AvgIpc) is 2.49. The second kappa shape index (κ2) is 6.75. The van der Waals surface area contributed by atoms with E-state index >= 15 is 0 Å². The summed E-state index contributed by atoms with van der Waals surface area (Å²) in [5, 5.41) is 0. The maximum absolute atomic E-state index is 12.9. The van der Waals surface area contributed by atoms with Gasteiger partial charge in [-0.1, -0.05) is 6.07 Å². The molecule has 1 unspecified atom stereocenters. The molecule has 1 fully saturated rings. The van der Waals surface area contributed by atoms with Crippen LogP contribution in [-0.2, 0) is 21.3 Å². The van der Waals surface area contributed by atoms with Gasteiger partial charge in [0.15, 0.2) is 0 Å². The van der Waals surface area contributed by atoms with Gasteiger partial charge in [-0.05, 0) is 52.9 Å². The summed E-state index contributed by atoms with van der Waals surface area (Å²) >= 11 is 3.40. The Kier molecular flexibility index (Phi) is 5.43. The van der Waals surface area contributed by atoms with E-state index in [9.17, 15) is 8.42 Å². The molecule has 0 saturated carbocycles. The first-order valence-electron chi connectivity index (χ1n) is 6.92. The molecule has 1 aromatic rings. The minimum Gasteiger partial charge on any atom is -0.380 e. The van der Waals surface area contributed by atoms with E-state index < -0.39 is 10.0 Å². The van der Waals surface area contributed by atoms with Gasteiger partial charge in [-0.3, -0.25) is 0 Å². The van der Waals surface area contributed by atoms with Crippen LogP contribution >= 0.6 is 15.9 Å². The number of rotatable bonds is 4. The lowest BCUT2D eigenvalue weighted by molar-refractivity contribution is 0.0571. The second-order valence-corrected chi connectivity index (χ2v) is 7.99. The highest BCUT2D eigenvalue weighted by Gasteiger charge is 2.32. The smallest absolute Gasteiger partial charge is 0.244 e. The predicted molar refractivity (Wildman–Crippen MR) is 85.6 cm³/mol. The van der Waals surface area contributed by atoms with E-state index in [1.165, 1.54) is 4.31 Å². The van der Waals surface area contributed by atoms with Crippen LogP contribution in [0.1, 0.15) is 24.0 Å². The summed E-state index contributed by atoms with van der Waals surface area (Å²) in [7, 11) is -1.92. The van der Waals surface area contributed by atoms with Crippen LogP contribution in [0.5, 0.6) is 0 Å². The SMILES string of the molecule is COC1CCCN(S(=O)(=O)c2cc(CN)cc(C)c2Br)C1. The third-order valence-electron chi connectivity index (χ3n) is 3.81. The van der Waals surface area contributed by atoms with Gasteiger partial charge in [0.05, 0.1) is 11.0 Å². The fourth-order valence-corrected chi connectivity index (χ4v) is 5.11. The highest BCUT2D eigenvalue weighted by atomic mass is 79.9. The van der Waals surface area contributed by atoms with Gasteiger partial charge in [0.25, 0.3) is 0 Å². The summed E-state index contributed by atoms with van der Waals surface area (Å²) in [6.07, 6.45) is 1.67. The fraction of sp³-hybridized carbons (Fsp3) is 0.571. The van der Waals surface area contributed by atoms with Gasteiger partial charge in [-0.25, -0.2) is 8.42 Å². The Bertz CT molecular complexity index is 619. The van der Waals surface area contributed by atoms with Gasteiger partial charge < -0.3 is 10.5 Å². The molecule has 7 heteroatoms. The molecule has 0 aliphatic carbocycles. The molecule has 0 bridgehead atoms. The van der Waals surface area contributed by atoms with Gasteiger partial charge >= 0.3 is 0 Å². The first kappa shape index (κ1) is 16.9. The minimum absolute atomic E-state index is 0.0360. The van der Waals surface area contributed by atoms with Crippen molar-refractivity contribution < 1.29 is 13.2 Å². The normalized spacial score (nSPS) is 20.7. The topological polar surface area (TPSA) is 72.6 Å². The van der Waals surface area contributed by atoms with Gasteiger partial charge in [-0.2, -0.15) is 4.31 Å². The van der Waals surface area contributed by atoms with Crippen LogP contribution in [-0.4, -0.2) is 39.0 Å². The first-order valence-corrected chi connectivity index (χ1v) is 9.15. The van der Waals surface area contributed by atoms with Crippen molar-refractivity contribution in [2.24, 2.45) is 5.73 Å². The summed E-state index contributed by atoms with van der Waals surface area (Å²) in [6.45, 7) is 3.12. The van der Waals surface area contributed by atoms with E-state index in [1.54, 1.807) is 13.2 Å². The van der Waals surface area contributed by atoms with Crippen molar-refractivity contribution in [2.75, 3.05) is 20.2 Å². The van der Waals surface area contributed by atoms with E-state index in [1.807, 2.05) is 13.0 Å². The van der Waals surface area contributed by atoms with Crippen molar-refractivity contribution >= 4 is 26.0 Å². The molecule has 1 heterocycles. The standard InChI is InChI=1S/C14H21BrN2O3S/c1-10-6-11(8-16)7-13(14(10)15)21(18,19)17-5-3-4-12(9-17)20-2/h6-7,12H,3-5,8-9,16H2,1-2H3. The summed E-state index contributed by atoms with van der Waals surface area (Å²) in [5.41, 5.74) is 7.35. The maximum atomic E-state index is 12.9. The third kappa shape index (κ3) is 3.48. The van der Waals surface area contributed by atoms with Crippen molar-refractivity contribution in [3.63, 3.8) is 0 Å². The van der Waals surface area contributed by atoms with E-state index in [0.717, 1.165) is 24.0 Å². The molecule has 1 aliphatic rings. The molecule has 2 rings (SSSR count). The van der Waals surface area contributed by atoms with Crippen molar-refractivity contribution in [3.05, 3.63) is 27.7 Å².